The second-order valence-electron chi connectivity index (χ2n) is 3.43. The molecule has 0 aliphatic rings. The van der Waals surface area contributed by atoms with Crippen molar-refractivity contribution >= 4 is 27.7 Å². The quantitative estimate of drug-likeness (QED) is 0.783. The predicted molar refractivity (Wildman–Crippen MR) is 68.6 cm³/mol. The second-order valence-corrected chi connectivity index (χ2v) is 4.35. The van der Waals surface area contributed by atoms with Crippen LogP contribution in [0, 0.1) is 0 Å². The maximum Gasteiger partial charge on any atom is 0.257 e. The van der Waals surface area contributed by atoms with Crippen molar-refractivity contribution in [3.63, 3.8) is 0 Å². The Morgan fingerprint density at radius 1 is 1.39 bits per heavy atom. The first kappa shape index (κ1) is 12.3. The molecule has 0 unspecified atom stereocenters. The number of rotatable bonds is 2. The lowest BCUT2D eigenvalue weighted by atomic mass is 10.2. The van der Waals surface area contributed by atoms with Gasteiger partial charge in [-0.05, 0) is 28.1 Å². The molecule has 0 atom stereocenters. The molecular weight excluding hydrogens is 302 g/mol. The molecule has 18 heavy (non-hydrogen) atoms. The molecule has 0 radical (unpaired) electrons. The van der Waals surface area contributed by atoms with Crippen molar-refractivity contribution < 1.29 is 9.90 Å². The Bertz CT molecular complexity index is 637. The lowest BCUT2D eigenvalue weighted by molar-refractivity contribution is 0.102. The average Bonchev–Trinajstić information content (AvgIpc) is 2.31. The van der Waals surface area contributed by atoms with Crippen LogP contribution in [0.25, 0.3) is 0 Å². The second kappa shape index (κ2) is 5.01. The number of nitrogens with one attached hydrogen (secondary N) is 2. The van der Waals surface area contributed by atoms with E-state index in [1.165, 1.54) is 6.20 Å². The summed E-state index contributed by atoms with van der Waals surface area (Å²) >= 11 is 3.22. The van der Waals surface area contributed by atoms with Crippen molar-refractivity contribution in [2.45, 2.75) is 0 Å². The van der Waals surface area contributed by atoms with E-state index in [0.717, 1.165) is 16.6 Å². The molecule has 2 aromatic rings. The third kappa shape index (κ3) is 2.95. The van der Waals surface area contributed by atoms with Crippen LogP contribution in [0.5, 0.6) is 5.88 Å². The van der Waals surface area contributed by atoms with Gasteiger partial charge < -0.3 is 10.4 Å². The SMILES string of the molecule is O=C(Nc1ccc(Br)cn1)c1cc(O)[nH]c(=O)c1. The smallest absolute Gasteiger partial charge is 0.257 e. The summed E-state index contributed by atoms with van der Waals surface area (Å²) in [6, 6.07) is 5.58. The van der Waals surface area contributed by atoms with Gasteiger partial charge in [0.1, 0.15) is 5.82 Å². The van der Waals surface area contributed by atoms with Gasteiger partial charge in [0.25, 0.3) is 11.5 Å². The molecule has 1 amide bonds. The van der Waals surface area contributed by atoms with Gasteiger partial charge in [0, 0.05) is 22.8 Å². The molecule has 3 N–H and O–H groups in total. The average molecular weight is 310 g/mol. The predicted octanol–water partition coefficient (Wildman–Crippen LogP) is 1.49. The van der Waals surface area contributed by atoms with Crippen LogP contribution in [0.4, 0.5) is 5.82 Å². The number of pyridine rings is 2. The van der Waals surface area contributed by atoms with Gasteiger partial charge in [-0.1, -0.05) is 0 Å². The van der Waals surface area contributed by atoms with Crippen molar-refractivity contribution in [3.05, 3.63) is 50.9 Å². The van der Waals surface area contributed by atoms with E-state index in [1.807, 2.05) is 0 Å². The van der Waals surface area contributed by atoms with Crippen LogP contribution in [0.15, 0.2) is 39.7 Å². The third-order valence-corrected chi connectivity index (χ3v) is 2.53. The zero-order valence-corrected chi connectivity index (χ0v) is 10.6. The number of aromatic nitrogens is 2. The summed E-state index contributed by atoms with van der Waals surface area (Å²) in [6.07, 6.45) is 1.53. The van der Waals surface area contributed by atoms with Gasteiger partial charge in [0.2, 0.25) is 0 Å². The number of carbonyl (C=O) groups excluding carboxylic acids is 1. The van der Waals surface area contributed by atoms with E-state index in [0.29, 0.717) is 5.82 Å². The first-order valence-corrected chi connectivity index (χ1v) is 5.70. The Kier molecular flexibility index (Phi) is 3.42. The van der Waals surface area contributed by atoms with Crippen LogP contribution < -0.4 is 10.9 Å². The summed E-state index contributed by atoms with van der Waals surface area (Å²) in [6.45, 7) is 0. The van der Waals surface area contributed by atoms with Crippen molar-refractivity contribution in [1.29, 1.82) is 0 Å². The fourth-order valence-corrected chi connectivity index (χ4v) is 1.53. The molecule has 6 nitrogen and oxygen atoms in total. The van der Waals surface area contributed by atoms with Crippen molar-refractivity contribution in [2.75, 3.05) is 5.32 Å². The standard InChI is InChI=1S/C11H8BrN3O3/c12-7-1-2-8(13-5-7)14-11(18)6-3-9(16)15-10(17)4-6/h1-5H,(H,13,14,18)(H2,15,16,17). The largest absolute Gasteiger partial charge is 0.494 e. The summed E-state index contributed by atoms with van der Waals surface area (Å²) in [5, 5.41) is 11.7. The number of carbonyl (C=O) groups is 1. The highest BCUT2D eigenvalue weighted by Crippen LogP contribution is 2.12. The molecule has 2 rings (SSSR count). The van der Waals surface area contributed by atoms with Crippen LogP contribution >= 0.6 is 15.9 Å². The Morgan fingerprint density at radius 3 is 2.78 bits per heavy atom. The number of halogens is 1. The number of nitrogens with zero attached hydrogens (tertiary/aromatic N) is 1. The molecule has 0 aliphatic carbocycles. The highest BCUT2D eigenvalue weighted by Gasteiger charge is 2.09. The maximum absolute atomic E-state index is 11.8. The maximum atomic E-state index is 11.8. The molecule has 2 heterocycles. The molecule has 0 aliphatic heterocycles. The van der Waals surface area contributed by atoms with E-state index >= 15 is 0 Å². The molecule has 0 fully saturated rings. The first-order valence-electron chi connectivity index (χ1n) is 4.91. The van der Waals surface area contributed by atoms with Crippen molar-refractivity contribution in [2.24, 2.45) is 0 Å². The number of anilines is 1. The highest BCUT2D eigenvalue weighted by molar-refractivity contribution is 9.10. The molecule has 0 saturated carbocycles. The third-order valence-electron chi connectivity index (χ3n) is 2.06. The minimum absolute atomic E-state index is 0.0565. The lowest BCUT2D eigenvalue weighted by Gasteiger charge is -2.04. The monoisotopic (exact) mass is 309 g/mol. The molecule has 0 spiro atoms. The zero-order valence-electron chi connectivity index (χ0n) is 8.98. The minimum atomic E-state index is -0.552. The summed E-state index contributed by atoms with van der Waals surface area (Å²) in [4.78, 5) is 29.0. The number of aromatic hydroxyl groups is 1. The number of amides is 1. The zero-order chi connectivity index (χ0) is 13.1. The summed E-state index contributed by atoms with van der Waals surface area (Å²) in [5.74, 6) is -0.536. The van der Waals surface area contributed by atoms with Gasteiger partial charge in [-0.3, -0.25) is 14.6 Å². The summed E-state index contributed by atoms with van der Waals surface area (Å²) < 4.78 is 0.786. The van der Waals surface area contributed by atoms with Crippen LogP contribution in [-0.4, -0.2) is 21.0 Å². The number of hydrogen-bond acceptors (Lipinski definition) is 4. The normalized spacial score (nSPS) is 10.1. The van der Waals surface area contributed by atoms with Gasteiger partial charge in [0.15, 0.2) is 5.88 Å². The van der Waals surface area contributed by atoms with Crippen LogP contribution in [-0.2, 0) is 0 Å². The Hall–Kier alpha value is -2.15. The van der Waals surface area contributed by atoms with E-state index in [1.54, 1.807) is 12.1 Å². The van der Waals surface area contributed by atoms with E-state index < -0.39 is 11.5 Å². The molecule has 92 valence electrons. The molecule has 7 heteroatoms. The number of aromatic amines is 1. The van der Waals surface area contributed by atoms with Crippen LogP contribution in [0.1, 0.15) is 10.4 Å². The van der Waals surface area contributed by atoms with Gasteiger partial charge in [-0.15, -0.1) is 0 Å². The number of hydrogen-bond donors (Lipinski definition) is 3. The van der Waals surface area contributed by atoms with E-state index in [2.05, 4.69) is 31.2 Å². The Balaban J connectivity index is 2.21. The molecule has 0 aromatic carbocycles. The van der Waals surface area contributed by atoms with Crippen molar-refractivity contribution in [3.8, 4) is 5.88 Å². The first-order chi connectivity index (χ1) is 8.54. The topological polar surface area (TPSA) is 95.1 Å². The Labute approximate surface area is 110 Å². The molecule has 2 aromatic heterocycles. The fourth-order valence-electron chi connectivity index (χ4n) is 1.30. The van der Waals surface area contributed by atoms with E-state index in [-0.39, 0.29) is 11.4 Å². The lowest BCUT2D eigenvalue weighted by Crippen LogP contribution is -2.16. The van der Waals surface area contributed by atoms with Crippen LogP contribution in [0.2, 0.25) is 0 Å². The van der Waals surface area contributed by atoms with Gasteiger partial charge >= 0.3 is 0 Å². The van der Waals surface area contributed by atoms with E-state index in [4.69, 9.17) is 0 Å². The van der Waals surface area contributed by atoms with Crippen LogP contribution in [0.3, 0.4) is 0 Å². The molecule has 0 bridgehead atoms. The molecule has 0 saturated heterocycles. The molecular formula is C11H8BrN3O3. The minimum Gasteiger partial charge on any atom is -0.494 e. The van der Waals surface area contributed by atoms with Gasteiger partial charge in [-0.25, -0.2) is 4.98 Å². The summed E-state index contributed by atoms with van der Waals surface area (Å²) in [5.41, 5.74) is -0.495. The van der Waals surface area contributed by atoms with Gasteiger partial charge in [-0.2, -0.15) is 0 Å². The van der Waals surface area contributed by atoms with Gasteiger partial charge in [0.05, 0.1) is 5.56 Å². The summed E-state index contributed by atoms with van der Waals surface area (Å²) in [7, 11) is 0. The fraction of sp³-hybridized carbons (Fsp3) is 0. The van der Waals surface area contributed by atoms with E-state index in [9.17, 15) is 14.7 Å². The van der Waals surface area contributed by atoms with Crippen molar-refractivity contribution in [1.82, 2.24) is 9.97 Å². The Morgan fingerprint density at radius 2 is 2.17 bits per heavy atom. The highest BCUT2D eigenvalue weighted by atomic mass is 79.9. The number of H-pyrrole nitrogens is 1.